The van der Waals surface area contributed by atoms with Crippen LogP contribution in [0.25, 0.3) is 10.9 Å². The second-order valence-corrected chi connectivity index (χ2v) is 7.89. The zero-order valence-corrected chi connectivity index (χ0v) is 16.9. The number of nitrogens with zero attached hydrogens (tertiary/aromatic N) is 3. The molecule has 30 heavy (non-hydrogen) atoms. The first kappa shape index (κ1) is 18.6. The summed E-state index contributed by atoms with van der Waals surface area (Å²) >= 11 is 0. The molecule has 0 saturated heterocycles. The van der Waals surface area contributed by atoms with E-state index in [1.54, 1.807) is 0 Å². The smallest absolute Gasteiger partial charge is 0.339 e. The number of esters is 1. The molecule has 1 saturated carbocycles. The lowest BCUT2D eigenvalue weighted by atomic mass is 10.0. The summed E-state index contributed by atoms with van der Waals surface area (Å²) in [4.78, 5) is 12.3. The minimum absolute atomic E-state index is 0.350. The summed E-state index contributed by atoms with van der Waals surface area (Å²) < 4.78 is 7.24. The van der Waals surface area contributed by atoms with Crippen LogP contribution >= 0.6 is 0 Å². The quantitative estimate of drug-likeness (QED) is 0.441. The van der Waals surface area contributed by atoms with E-state index in [1.807, 2.05) is 12.1 Å². The number of hydrogen-bond donors (Lipinski definition) is 0. The third-order valence-electron chi connectivity index (χ3n) is 5.69. The van der Waals surface area contributed by atoms with Crippen LogP contribution in [-0.4, -0.2) is 27.8 Å². The van der Waals surface area contributed by atoms with Crippen molar-refractivity contribution < 1.29 is 9.53 Å². The van der Waals surface area contributed by atoms with Crippen LogP contribution in [0.4, 0.5) is 0 Å². The maximum Gasteiger partial charge on any atom is 0.339 e. The van der Waals surface area contributed by atoms with Crippen molar-refractivity contribution in [3.63, 3.8) is 0 Å². The summed E-state index contributed by atoms with van der Waals surface area (Å²) in [6.07, 6.45) is 4.89. The molecular weight excluding hydrogens is 374 g/mol. The van der Waals surface area contributed by atoms with Crippen LogP contribution in [0.15, 0.2) is 66.9 Å². The van der Waals surface area contributed by atoms with Gasteiger partial charge in [-0.2, -0.15) is 10.2 Å². The second-order valence-electron chi connectivity index (χ2n) is 7.89. The molecule has 5 rings (SSSR count). The van der Waals surface area contributed by atoms with Gasteiger partial charge in [0.25, 0.3) is 0 Å². The number of aromatic nitrogens is 3. The Hall–Kier alpha value is -3.47. The molecule has 4 aromatic rings. The number of benzene rings is 2. The number of carbonyl (C=O) groups is 1. The maximum absolute atomic E-state index is 12.3. The molecule has 0 radical (unpaired) electrons. The molecule has 2 aromatic carbocycles. The topological polar surface area (TPSA) is 57.0 Å². The van der Waals surface area contributed by atoms with Crippen molar-refractivity contribution in [2.75, 3.05) is 7.11 Å². The van der Waals surface area contributed by atoms with E-state index >= 15 is 0 Å². The lowest BCUT2D eigenvalue weighted by Gasteiger charge is -2.09. The highest BCUT2D eigenvalue weighted by atomic mass is 16.5. The molecule has 0 bridgehead atoms. The van der Waals surface area contributed by atoms with Gasteiger partial charge in [-0.3, -0.25) is 0 Å². The van der Waals surface area contributed by atoms with Crippen molar-refractivity contribution in [1.82, 2.24) is 14.8 Å². The lowest BCUT2D eigenvalue weighted by molar-refractivity contribution is 0.0598. The van der Waals surface area contributed by atoms with Gasteiger partial charge in [0.1, 0.15) is 0 Å². The summed E-state index contributed by atoms with van der Waals surface area (Å²) in [7, 11) is 1.41. The predicted octanol–water partition coefficient (Wildman–Crippen LogP) is 4.73. The predicted molar refractivity (Wildman–Crippen MR) is 116 cm³/mol. The van der Waals surface area contributed by atoms with Gasteiger partial charge in [-0.1, -0.05) is 36.4 Å². The van der Waals surface area contributed by atoms with E-state index in [1.165, 1.54) is 23.6 Å². The molecule has 150 valence electrons. The number of ether oxygens (including phenoxy) is 1. The number of carbonyl (C=O) groups excluding carboxylic acids is 1. The lowest BCUT2D eigenvalue weighted by Crippen LogP contribution is -2.11. The number of methoxy groups -OCH3 is 1. The first-order valence-electron chi connectivity index (χ1n) is 10.3. The Balaban J connectivity index is 1.42. The van der Waals surface area contributed by atoms with E-state index in [9.17, 15) is 4.79 Å². The number of hydrogen-bond acceptors (Lipinski definition) is 4. The van der Waals surface area contributed by atoms with Gasteiger partial charge in [0.15, 0.2) is 0 Å². The summed E-state index contributed by atoms with van der Waals surface area (Å²) in [6.45, 7) is 0.838. The Morgan fingerprint density at radius 1 is 1.03 bits per heavy atom. The summed E-state index contributed by atoms with van der Waals surface area (Å²) in [5, 5.41) is 9.93. The van der Waals surface area contributed by atoms with Gasteiger partial charge in [-0.05, 0) is 53.6 Å². The van der Waals surface area contributed by atoms with Crippen molar-refractivity contribution in [2.45, 2.75) is 31.7 Å². The molecule has 0 amide bonds. The molecule has 5 nitrogen and oxygen atoms in total. The summed E-state index contributed by atoms with van der Waals surface area (Å²) in [5.74, 6) is 0.0903. The number of fused-ring (bicyclic) bond motifs is 1. The van der Waals surface area contributed by atoms with E-state index in [-0.39, 0.29) is 5.97 Å². The molecule has 0 aliphatic heterocycles. The molecule has 1 aliphatic carbocycles. The minimum Gasteiger partial charge on any atom is -0.465 e. The van der Waals surface area contributed by atoms with Gasteiger partial charge in [0, 0.05) is 30.6 Å². The van der Waals surface area contributed by atoms with Crippen molar-refractivity contribution in [2.24, 2.45) is 0 Å². The van der Waals surface area contributed by atoms with E-state index in [2.05, 4.69) is 69.5 Å². The minimum atomic E-state index is -0.350. The Morgan fingerprint density at radius 2 is 1.87 bits per heavy atom. The second kappa shape index (κ2) is 7.75. The number of rotatable bonds is 6. The highest BCUT2D eigenvalue weighted by molar-refractivity contribution is 5.90. The van der Waals surface area contributed by atoms with Crippen LogP contribution in [0.2, 0.25) is 0 Å². The molecule has 0 atom stereocenters. The Kier molecular flexibility index (Phi) is 4.79. The fourth-order valence-electron chi connectivity index (χ4n) is 3.90. The first-order chi connectivity index (χ1) is 14.7. The van der Waals surface area contributed by atoms with Crippen molar-refractivity contribution in [3.8, 4) is 0 Å². The standard InChI is InChI=1S/C25H23N3O2/c1-30-25(29)21-15-22(19-8-9-19)26-27-23(21)14-18-7-10-24-20(13-18)11-12-28(24)16-17-5-3-2-4-6-17/h2-7,10-13,15,19H,8-9,14,16H2,1H3. The molecule has 0 unspecified atom stereocenters. The molecule has 0 spiro atoms. The Morgan fingerprint density at radius 3 is 2.63 bits per heavy atom. The van der Waals surface area contributed by atoms with Crippen LogP contribution in [0.1, 0.15) is 51.6 Å². The zero-order valence-electron chi connectivity index (χ0n) is 16.9. The van der Waals surface area contributed by atoms with E-state index in [0.29, 0.717) is 23.6 Å². The monoisotopic (exact) mass is 397 g/mol. The SMILES string of the molecule is COC(=O)c1cc(C2CC2)nnc1Cc1ccc2c(ccn2Cc2ccccc2)c1. The maximum atomic E-state index is 12.3. The highest BCUT2D eigenvalue weighted by Gasteiger charge is 2.27. The van der Waals surface area contributed by atoms with E-state index in [0.717, 1.165) is 30.6 Å². The fourth-order valence-corrected chi connectivity index (χ4v) is 3.90. The molecule has 2 aromatic heterocycles. The van der Waals surface area contributed by atoms with Gasteiger partial charge >= 0.3 is 5.97 Å². The Bertz CT molecular complexity index is 1210. The van der Waals surface area contributed by atoms with Gasteiger partial charge < -0.3 is 9.30 Å². The van der Waals surface area contributed by atoms with Crippen molar-refractivity contribution >= 4 is 16.9 Å². The largest absolute Gasteiger partial charge is 0.465 e. The molecule has 1 aliphatic rings. The normalized spacial score (nSPS) is 13.5. The average molecular weight is 397 g/mol. The Labute approximate surface area is 175 Å². The van der Waals surface area contributed by atoms with Crippen LogP contribution < -0.4 is 0 Å². The van der Waals surface area contributed by atoms with Crippen LogP contribution in [0.5, 0.6) is 0 Å². The van der Waals surface area contributed by atoms with Crippen LogP contribution in [-0.2, 0) is 17.7 Å². The van der Waals surface area contributed by atoms with Gasteiger partial charge in [0.2, 0.25) is 0 Å². The fraction of sp³-hybridized carbons (Fsp3) is 0.240. The van der Waals surface area contributed by atoms with Gasteiger partial charge in [0.05, 0.1) is 24.1 Å². The van der Waals surface area contributed by atoms with Crippen molar-refractivity contribution in [1.29, 1.82) is 0 Å². The summed E-state index contributed by atoms with van der Waals surface area (Å²) in [6, 6.07) is 20.8. The molecule has 2 heterocycles. The van der Waals surface area contributed by atoms with Crippen molar-refractivity contribution in [3.05, 3.63) is 94.9 Å². The zero-order chi connectivity index (χ0) is 20.5. The molecule has 0 N–H and O–H groups in total. The van der Waals surface area contributed by atoms with Crippen LogP contribution in [0, 0.1) is 0 Å². The highest BCUT2D eigenvalue weighted by Crippen LogP contribution is 2.39. The summed E-state index contributed by atoms with van der Waals surface area (Å²) in [5.41, 5.74) is 5.63. The van der Waals surface area contributed by atoms with E-state index < -0.39 is 0 Å². The average Bonchev–Trinajstić information content (AvgIpc) is 3.56. The molecule has 1 fully saturated rings. The third kappa shape index (κ3) is 3.71. The molecular formula is C25H23N3O2. The van der Waals surface area contributed by atoms with E-state index in [4.69, 9.17) is 4.74 Å². The first-order valence-corrected chi connectivity index (χ1v) is 10.3. The van der Waals surface area contributed by atoms with Gasteiger partial charge in [-0.25, -0.2) is 4.79 Å². The molecule has 5 heteroatoms. The third-order valence-corrected chi connectivity index (χ3v) is 5.69. The van der Waals surface area contributed by atoms with Crippen LogP contribution in [0.3, 0.4) is 0 Å². The van der Waals surface area contributed by atoms with Gasteiger partial charge in [-0.15, -0.1) is 0 Å².